The maximum atomic E-state index is 11.9. The number of nitrogens with one attached hydrogen (secondary N) is 1. The Labute approximate surface area is 109 Å². The van der Waals surface area contributed by atoms with Crippen LogP contribution in [0.4, 0.5) is 4.79 Å². The van der Waals surface area contributed by atoms with Gasteiger partial charge in [0.25, 0.3) is 0 Å². The minimum Gasteiger partial charge on any atom is -0.480 e. The molecule has 1 aliphatic rings. The summed E-state index contributed by atoms with van der Waals surface area (Å²) in [4.78, 5) is 24.2. The molecule has 1 fully saturated rings. The van der Waals surface area contributed by atoms with Crippen molar-refractivity contribution in [2.24, 2.45) is 5.41 Å². The van der Waals surface area contributed by atoms with Crippen LogP contribution in [0.2, 0.25) is 0 Å². The molecule has 0 spiro atoms. The molecule has 104 valence electrons. The lowest BCUT2D eigenvalue weighted by molar-refractivity contribution is -0.141. The number of amides is 2. The predicted octanol–water partition coefficient (Wildman–Crippen LogP) is 2.07. The van der Waals surface area contributed by atoms with Crippen molar-refractivity contribution >= 4 is 12.0 Å². The second-order valence-electron chi connectivity index (χ2n) is 5.24. The Balaban J connectivity index is 2.47. The molecule has 0 aromatic carbocycles. The maximum absolute atomic E-state index is 11.9. The van der Waals surface area contributed by atoms with Crippen LogP contribution in [0.15, 0.2) is 0 Å². The largest absolute Gasteiger partial charge is 0.480 e. The number of carbonyl (C=O) groups is 2. The van der Waals surface area contributed by atoms with Crippen LogP contribution in [0.5, 0.6) is 0 Å². The standard InChI is InChI=1S/C13H24N2O3/c1-4-10(11(16)17)15(3)12(18)14-9-13(5-2)7-6-8-13/h10H,4-9H2,1-3H3,(H,14,18)(H,16,17). The minimum absolute atomic E-state index is 0.251. The van der Waals surface area contributed by atoms with Gasteiger partial charge in [-0.15, -0.1) is 0 Å². The SMILES string of the molecule is CCC(C(=O)O)N(C)C(=O)NCC1(CC)CCC1. The van der Waals surface area contributed by atoms with Gasteiger partial charge in [-0.1, -0.05) is 20.3 Å². The molecular weight excluding hydrogens is 232 g/mol. The number of nitrogens with zero attached hydrogens (tertiary/aromatic N) is 1. The molecule has 18 heavy (non-hydrogen) atoms. The molecule has 0 heterocycles. The van der Waals surface area contributed by atoms with Crippen molar-refractivity contribution in [3.8, 4) is 0 Å². The first-order valence-corrected chi connectivity index (χ1v) is 6.69. The molecule has 0 bridgehead atoms. The molecule has 2 N–H and O–H groups in total. The van der Waals surface area contributed by atoms with Gasteiger partial charge in [0.1, 0.15) is 6.04 Å². The van der Waals surface area contributed by atoms with E-state index >= 15 is 0 Å². The topological polar surface area (TPSA) is 69.6 Å². The zero-order chi connectivity index (χ0) is 13.8. The van der Waals surface area contributed by atoms with Gasteiger partial charge in [0.15, 0.2) is 0 Å². The van der Waals surface area contributed by atoms with Crippen molar-refractivity contribution in [3.05, 3.63) is 0 Å². The van der Waals surface area contributed by atoms with Gasteiger partial charge in [-0.2, -0.15) is 0 Å². The normalized spacial score (nSPS) is 18.6. The van der Waals surface area contributed by atoms with Crippen molar-refractivity contribution in [3.63, 3.8) is 0 Å². The first-order chi connectivity index (χ1) is 8.45. The lowest BCUT2D eigenvalue weighted by Gasteiger charge is -2.41. The summed E-state index contributed by atoms with van der Waals surface area (Å²) in [5.41, 5.74) is 0.251. The van der Waals surface area contributed by atoms with Crippen LogP contribution in [0, 0.1) is 5.41 Å². The first-order valence-electron chi connectivity index (χ1n) is 6.69. The van der Waals surface area contributed by atoms with Crippen LogP contribution in [-0.2, 0) is 4.79 Å². The highest BCUT2D eigenvalue weighted by Gasteiger charge is 2.36. The summed E-state index contributed by atoms with van der Waals surface area (Å²) in [6, 6.07) is -1.03. The number of rotatable bonds is 6. The summed E-state index contributed by atoms with van der Waals surface area (Å²) in [6.45, 7) is 4.56. The fraction of sp³-hybridized carbons (Fsp3) is 0.846. The molecular formula is C13H24N2O3. The third-order valence-corrected chi connectivity index (χ3v) is 4.24. The lowest BCUT2D eigenvalue weighted by atomic mass is 9.67. The zero-order valence-corrected chi connectivity index (χ0v) is 11.5. The van der Waals surface area contributed by atoms with Crippen LogP contribution in [0.1, 0.15) is 46.0 Å². The molecule has 1 unspecified atom stereocenters. The smallest absolute Gasteiger partial charge is 0.326 e. The number of carboxylic acid groups (broad SMARTS) is 1. The van der Waals surface area contributed by atoms with Crippen LogP contribution < -0.4 is 5.32 Å². The van der Waals surface area contributed by atoms with Crippen LogP contribution in [-0.4, -0.2) is 41.6 Å². The van der Waals surface area contributed by atoms with E-state index in [-0.39, 0.29) is 11.4 Å². The molecule has 1 rings (SSSR count). The average molecular weight is 256 g/mol. The van der Waals surface area contributed by atoms with Crippen LogP contribution in [0.25, 0.3) is 0 Å². The molecule has 1 atom stereocenters. The second-order valence-corrected chi connectivity index (χ2v) is 5.24. The van der Waals surface area contributed by atoms with Crippen molar-refractivity contribution < 1.29 is 14.7 Å². The van der Waals surface area contributed by atoms with Gasteiger partial charge in [0.2, 0.25) is 0 Å². The Hall–Kier alpha value is -1.26. The number of urea groups is 1. The van der Waals surface area contributed by atoms with Crippen LogP contribution in [0.3, 0.4) is 0 Å². The van der Waals surface area contributed by atoms with E-state index in [1.807, 2.05) is 0 Å². The van der Waals surface area contributed by atoms with E-state index in [2.05, 4.69) is 12.2 Å². The molecule has 0 saturated heterocycles. The summed E-state index contributed by atoms with van der Waals surface area (Å²) < 4.78 is 0. The summed E-state index contributed by atoms with van der Waals surface area (Å²) >= 11 is 0. The van der Waals surface area contributed by atoms with E-state index in [1.54, 1.807) is 6.92 Å². The first kappa shape index (κ1) is 14.8. The van der Waals surface area contributed by atoms with Crippen molar-refractivity contribution in [1.82, 2.24) is 10.2 Å². The average Bonchev–Trinajstić information content (AvgIpc) is 2.28. The van der Waals surface area contributed by atoms with E-state index in [1.165, 1.54) is 18.4 Å². The molecule has 0 radical (unpaired) electrons. The van der Waals surface area contributed by atoms with E-state index in [0.717, 1.165) is 19.3 Å². The zero-order valence-electron chi connectivity index (χ0n) is 11.5. The van der Waals surface area contributed by atoms with E-state index in [0.29, 0.717) is 13.0 Å². The highest BCUT2D eigenvalue weighted by atomic mass is 16.4. The molecule has 2 amide bonds. The molecule has 1 aliphatic carbocycles. The molecule has 5 heteroatoms. The number of carboxylic acids is 1. The summed E-state index contributed by atoms with van der Waals surface area (Å²) in [7, 11) is 1.54. The molecule has 0 aromatic rings. The van der Waals surface area contributed by atoms with E-state index in [4.69, 9.17) is 5.11 Å². The molecule has 5 nitrogen and oxygen atoms in total. The lowest BCUT2D eigenvalue weighted by Crippen LogP contribution is -2.50. The van der Waals surface area contributed by atoms with Gasteiger partial charge < -0.3 is 15.3 Å². The summed E-state index contributed by atoms with van der Waals surface area (Å²) in [5.74, 6) is -0.955. The summed E-state index contributed by atoms with van der Waals surface area (Å²) in [6.07, 6.45) is 5.02. The number of carbonyl (C=O) groups excluding carboxylic acids is 1. The Morgan fingerprint density at radius 3 is 2.33 bits per heavy atom. The Morgan fingerprint density at radius 2 is 2.00 bits per heavy atom. The van der Waals surface area contributed by atoms with Crippen molar-refractivity contribution in [2.45, 2.75) is 52.0 Å². The fourth-order valence-corrected chi connectivity index (χ4v) is 2.48. The van der Waals surface area contributed by atoms with E-state index in [9.17, 15) is 9.59 Å². The molecule has 1 saturated carbocycles. The highest BCUT2D eigenvalue weighted by Crippen LogP contribution is 2.43. The third kappa shape index (κ3) is 3.15. The van der Waals surface area contributed by atoms with Gasteiger partial charge in [-0.25, -0.2) is 9.59 Å². The van der Waals surface area contributed by atoms with Crippen molar-refractivity contribution in [1.29, 1.82) is 0 Å². The fourth-order valence-electron chi connectivity index (χ4n) is 2.48. The second kappa shape index (κ2) is 6.07. The number of hydrogen-bond acceptors (Lipinski definition) is 2. The summed E-state index contributed by atoms with van der Waals surface area (Å²) in [5, 5.41) is 11.9. The number of likely N-dealkylation sites (N-methyl/N-ethyl adjacent to an activating group) is 1. The van der Waals surface area contributed by atoms with Crippen LogP contribution >= 0.6 is 0 Å². The Kier molecular flexibility index (Phi) is 4.99. The van der Waals surface area contributed by atoms with Gasteiger partial charge in [0, 0.05) is 13.6 Å². The van der Waals surface area contributed by atoms with Gasteiger partial charge >= 0.3 is 12.0 Å². The molecule has 0 aliphatic heterocycles. The quantitative estimate of drug-likeness (QED) is 0.764. The maximum Gasteiger partial charge on any atom is 0.326 e. The van der Waals surface area contributed by atoms with Gasteiger partial charge in [-0.05, 0) is 31.1 Å². The Morgan fingerprint density at radius 1 is 1.39 bits per heavy atom. The van der Waals surface area contributed by atoms with Crippen molar-refractivity contribution in [2.75, 3.05) is 13.6 Å². The third-order valence-electron chi connectivity index (χ3n) is 4.24. The minimum atomic E-state index is -0.955. The van der Waals surface area contributed by atoms with Gasteiger partial charge in [-0.3, -0.25) is 0 Å². The van der Waals surface area contributed by atoms with E-state index < -0.39 is 12.0 Å². The number of hydrogen-bond donors (Lipinski definition) is 2. The molecule has 0 aromatic heterocycles. The van der Waals surface area contributed by atoms with Gasteiger partial charge in [0.05, 0.1) is 0 Å². The highest BCUT2D eigenvalue weighted by molar-refractivity contribution is 5.82. The number of aliphatic carboxylic acids is 1. The Bertz CT molecular complexity index is 308. The predicted molar refractivity (Wildman–Crippen MR) is 69.5 cm³/mol. The monoisotopic (exact) mass is 256 g/mol.